The van der Waals surface area contributed by atoms with Gasteiger partial charge in [0.05, 0.1) is 10.6 Å². The van der Waals surface area contributed by atoms with Crippen molar-refractivity contribution in [3.05, 3.63) is 53.8 Å². The second kappa shape index (κ2) is 9.99. The Morgan fingerprint density at radius 1 is 1.12 bits per heavy atom. The molecule has 0 spiro atoms. The predicted octanol–water partition coefficient (Wildman–Crippen LogP) is 4.99. The van der Waals surface area contributed by atoms with Crippen LogP contribution in [0.4, 0.5) is 20.6 Å². The van der Waals surface area contributed by atoms with Crippen molar-refractivity contribution in [2.24, 2.45) is 5.92 Å². The molecule has 0 aliphatic carbocycles. The van der Waals surface area contributed by atoms with E-state index in [0.29, 0.717) is 25.3 Å². The van der Waals surface area contributed by atoms with Crippen molar-refractivity contribution in [2.45, 2.75) is 51.0 Å². The molecular formula is C24H32FN3O4S. The molecule has 1 aliphatic rings. The summed E-state index contributed by atoms with van der Waals surface area (Å²) in [6, 6.07) is 10.8. The van der Waals surface area contributed by atoms with E-state index < -0.39 is 21.4 Å². The number of halogens is 1. The number of benzene rings is 2. The Labute approximate surface area is 195 Å². The number of rotatable bonds is 6. The summed E-state index contributed by atoms with van der Waals surface area (Å²) in [5, 5.41) is 3.19. The summed E-state index contributed by atoms with van der Waals surface area (Å²) in [5.41, 5.74) is 0.666. The molecule has 180 valence electrons. The van der Waals surface area contributed by atoms with E-state index in [9.17, 15) is 17.6 Å². The van der Waals surface area contributed by atoms with E-state index in [-0.39, 0.29) is 22.6 Å². The quantitative estimate of drug-likeness (QED) is 0.612. The van der Waals surface area contributed by atoms with Gasteiger partial charge in [-0.2, -0.15) is 0 Å². The third kappa shape index (κ3) is 6.83. The monoisotopic (exact) mass is 477 g/mol. The molecular weight excluding hydrogens is 445 g/mol. The summed E-state index contributed by atoms with van der Waals surface area (Å²) in [7, 11) is -3.94. The Bertz CT molecular complexity index is 1070. The second-order valence-electron chi connectivity index (χ2n) is 9.37. The van der Waals surface area contributed by atoms with Crippen molar-refractivity contribution in [2.75, 3.05) is 29.7 Å². The first-order valence-electron chi connectivity index (χ1n) is 11.0. The van der Waals surface area contributed by atoms with E-state index in [1.165, 1.54) is 24.3 Å². The van der Waals surface area contributed by atoms with Crippen LogP contribution in [0.15, 0.2) is 47.4 Å². The highest BCUT2D eigenvalue weighted by molar-refractivity contribution is 7.92. The third-order valence-corrected chi connectivity index (χ3v) is 6.79. The molecule has 1 heterocycles. The maximum atomic E-state index is 14.6. The molecule has 1 amide bonds. The van der Waals surface area contributed by atoms with Crippen LogP contribution in [0, 0.1) is 18.7 Å². The first kappa shape index (κ1) is 24.8. The predicted molar refractivity (Wildman–Crippen MR) is 127 cm³/mol. The van der Waals surface area contributed by atoms with E-state index in [2.05, 4.69) is 10.0 Å². The van der Waals surface area contributed by atoms with E-state index in [4.69, 9.17) is 4.74 Å². The molecule has 3 rings (SSSR count). The summed E-state index contributed by atoms with van der Waals surface area (Å²) in [6.07, 6.45) is 1.23. The fourth-order valence-electron chi connectivity index (χ4n) is 3.59. The van der Waals surface area contributed by atoms with Gasteiger partial charge in [0.1, 0.15) is 17.1 Å². The maximum Gasteiger partial charge on any atom is 0.410 e. The number of hydrogen-bond acceptors (Lipinski definition) is 5. The third-order valence-electron chi connectivity index (χ3n) is 5.43. The smallest absolute Gasteiger partial charge is 0.410 e. The maximum absolute atomic E-state index is 14.6. The van der Waals surface area contributed by atoms with Gasteiger partial charge < -0.3 is 15.0 Å². The van der Waals surface area contributed by atoms with Gasteiger partial charge in [-0.05, 0) is 70.7 Å². The second-order valence-corrected chi connectivity index (χ2v) is 11.1. The zero-order valence-electron chi connectivity index (χ0n) is 19.5. The number of likely N-dealkylation sites (tertiary alicyclic amines) is 1. The molecule has 2 aromatic carbocycles. The van der Waals surface area contributed by atoms with E-state index in [1.54, 1.807) is 23.1 Å². The molecule has 33 heavy (non-hydrogen) atoms. The molecule has 2 N–H and O–H groups in total. The number of hydrogen-bond donors (Lipinski definition) is 2. The van der Waals surface area contributed by atoms with Gasteiger partial charge >= 0.3 is 6.09 Å². The van der Waals surface area contributed by atoms with Crippen LogP contribution in [0.3, 0.4) is 0 Å². The summed E-state index contributed by atoms with van der Waals surface area (Å²) in [5.74, 6) is -0.399. The number of carbonyl (C=O) groups is 1. The van der Waals surface area contributed by atoms with Crippen molar-refractivity contribution in [3.63, 3.8) is 0 Å². The molecule has 1 saturated heterocycles. The van der Waals surface area contributed by atoms with Gasteiger partial charge in [0.2, 0.25) is 0 Å². The minimum Gasteiger partial charge on any atom is -0.444 e. The van der Waals surface area contributed by atoms with Crippen LogP contribution in [-0.4, -0.2) is 44.6 Å². The molecule has 0 radical (unpaired) electrons. The number of amides is 1. The van der Waals surface area contributed by atoms with Crippen molar-refractivity contribution in [1.82, 2.24) is 4.90 Å². The topological polar surface area (TPSA) is 87.7 Å². The zero-order chi connectivity index (χ0) is 24.2. The van der Waals surface area contributed by atoms with Gasteiger partial charge in [-0.15, -0.1) is 0 Å². The molecule has 0 unspecified atom stereocenters. The molecule has 0 saturated carbocycles. The Morgan fingerprint density at radius 2 is 1.76 bits per heavy atom. The van der Waals surface area contributed by atoms with Crippen LogP contribution in [-0.2, 0) is 14.8 Å². The van der Waals surface area contributed by atoms with Crippen molar-refractivity contribution in [3.8, 4) is 0 Å². The fourth-order valence-corrected chi connectivity index (χ4v) is 4.67. The van der Waals surface area contributed by atoms with Crippen LogP contribution < -0.4 is 10.0 Å². The number of sulfonamides is 1. The Morgan fingerprint density at radius 3 is 2.36 bits per heavy atom. The molecule has 0 atom stereocenters. The van der Waals surface area contributed by atoms with E-state index in [0.717, 1.165) is 18.4 Å². The first-order chi connectivity index (χ1) is 15.4. The van der Waals surface area contributed by atoms with Crippen molar-refractivity contribution < 1.29 is 22.3 Å². The highest BCUT2D eigenvalue weighted by Crippen LogP contribution is 2.29. The summed E-state index contributed by atoms with van der Waals surface area (Å²) in [4.78, 5) is 14.0. The number of nitrogens with one attached hydrogen (secondary N) is 2. The Kier molecular flexibility index (Phi) is 7.51. The molecule has 0 aromatic heterocycles. The zero-order valence-corrected chi connectivity index (χ0v) is 20.3. The number of aryl methyl sites for hydroxylation is 1. The van der Waals surface area contributed by atoms with Crippen molar-refractivity contribution in [1.29, 1.82) is 0 Å². The van der Waals surface area contributed by atoms with Gasteiger partial charge in [0.15, 0.2) is 0 Å². The molecule has 9 heteroatoms. The SMILES string of the molecule is Cc1ccc(S(=O)(=O)Nc2c(F)cccc2NCC2CCN(C(=O)OC(C)(C)C)CC2)cc1. The lowest BCUT2D eigenvalue weighted by Crippen LogP contribution is -2.42. The standard InChI is InChI=1S/C24H32FN3O4S/c1-17-8-10-19(11-9-17)33(30,31)27-22-20(25)6-5-7-21(22)26-16-18-12-14-28(15-13-18)23(29)32-24(2,3)4/h5-11,18,26-27H,12-16H2,1-4H3. The van der Waals surface area contributed by atoms with Crippen molar-refractivity contribution >= 4 is 27.5 Å². The lowest BCUT2D eigenvalue weighted by molar-refractivity contribution is 0.0188. The van der Waals surface area contributed by atoms with Gasteiger partial charge in [-0.1, -0.05) is 23.8 Å². The molecule has 1 fully saturated rings. The van der Waals surface area contributed by atoms with Gasteiger partial charge in [-0.3, -0.25) is 4.72 Å². The Balaban J connectivity index is 1.62. The van der Waals surface area contributed by atoms with Gasteiger partial charge in [0.25, 0.3) is 10.0 Å². The molecule has 2 aromatic rings. The van der Waals surface area contributed by atoms with Crippen LogP contribution in [0.25, 0.3) is 0 Å². The largest absolute Gasteiger partial charge is 0.444 e. The fraction of sp³-hybridized carbons (Fsp3) is 0.458. The number of para-hydroxylation sites is 1. The molecule has 7 nitrogen and oxygen atoms in total. The number of piperidine rings is 1. The van der Waals surface area contributed by atoms with Gasteiger partial charge in [-0.25, -0.2) is 17.6 Å². The van der Waals surface area contributed by atoms with E-state index in [1.807, 2.05) is 27.7 Å². The lowest BCUT2D eigenvalue weighted by atomic mass is 9.97. The van der Waals surface area contributed by atoms with Crippen LogP contribution >= 0.6 is 0 Å². The average molecular weight is 478 g/mol. The van der Waals surface area contributed by atoms with Crippen LogP contribution in [0.1, 0.15) is 39.2 Å². The number of carbonyl (C=O) groups excluding carboxylic acids is 1. The Hall–Kier alpha value is -2.81. The number of anilines is 2. The van der Waals surface area contributed by atoms with Crippen LogP contribution in [0.5, 0.6) is 0 Å². The first-order valence-corrected chi connectivity index (χ1v) is 12.5. The normalized spacial score (nSPS) is 15.2. The van der Waals surface area contributed by atoms with E-state index >= 15 is 0 Å². The number of ether oxygens (including phenoxy) is 1. The highest BCUT2D eigenvalue weighted by atomic mass is 32.2. The lowest BCUT2D eigenvalue weighted by Gasteiger charge is -2.33. The minimum absolute atomic E-state index is 0.0665. The van der Waals surface area contributed by atoms with Crippen LogP contribution in [0.2, 0.25) is 0 Å². The molecule has 1 aliphatic heterocycles. The average Bonchev–Trinajstić information content (AvgIpc) is 2.73. The van der Waals surface area contributed by atoms with Gasteiger partial charge in [0, 0.05) is 19.6 Å². The minimum atomic E-state index is -3.94. The highest BCUT2D eigenvalue weighted by Gasteiger charge is 2.27. The summed E-state index contributed by atoms with van der Waals surface area (Å²) >= 11 is 0. The summed E-state index contributed by atoms with van der Waals surface area (Å²) < 4.78 is 47.9. The number of nitrogens with zero attached hydrogens (tertiary/aromatic N) is 1. The molecule has 0 bridgehead atoms. The summed E-state index contributed by atoms with van der Waals surface area (Å²) in [6.45, 7) is 9.07.